The molecule has 1 aromatic heterocycles. The van der Waals surface area contributed by atoms with Gasteiger partial charge in [0.1, 0.15) is 5.01 Å². The van der Waals surface area contributed by atoms with E-state index < -0.39 is 5.97 Å². The number of rotatable bonds is 2. The minimum Gasteiger partial charge on any atom is -0.478 e. The van der Waals surface area contributed by atoms with Crippen LogP contribution >= 0.6 is 11.3 Å². The summed E-state index contributed by atoms with van der Waals surface area (Å²) >= 11 is 1.42. The van der Waals surface area contributed by atoms with Gasteiger partial charge < -0.3 is 5.11 Å². The highest BCUT2D eigenvalue weighted by atomic mass is 32.1. The molecule has 0 aliphatic carbocycles. The van der Waals surface area contributed by atoms with Gasteiger partial charge in [0, 0.05) is 0 Å². The van der Waals surface area contributed by atoms with Crippen LogP contribution in [0.15, 0.2) is 18.2 Å². The second kappa shape index (κ2) is 3.67. The molecule has 1 N–H and O–H groups in total. The minimum absolute atomic E-state index is 0.219. The van der Waals surface area contributed by atoms with E-state index in [-0.39, 0.29) is 12.0 Å². The lowest BCUT2D eigenvalue weighted by molar-refractivity contribution is 0.0697. The maximum atomic E-state index is 10.7. The number of thiazole rings is 1. The fourth-order valence-corrected chi connectivity index (χ4v) is 2.13. The molecule has 0 saturated carbocycles. The van der Waals surface area contributed by atoms with E-state index in [9.17, 15) is 4.79 Å². The van der Waals surface area contributed by atoms with Crippen molar-refractivity contribution in [1.82, 2.24) is 4.98 Å². The molecular formula is C10H6N2O2S. The van der Waals surface area contributed by atoms with Crippen molar-refractivity contribution in [3.05, 3.63) is 28.8 Å². The molecule has 0 radical (unpaired) electrons. The van der Waals surface area contributed by atoms with Crippen molar-refractivity contribution in [2.75, 3.05) is 0 Å². The molecule has 0 unspecified atom stereocenters. The molecule has 1 aromatic carbocycles. The highest BCUT2D eigenvalue weighted by Gasteiger charge is 2.07. The van der Waals surface area contributed by atoms with Crippen LogP contribution in [-0.4, -0.2) is 16.1 Å². The third-order valence-corrected chi connectivity index (χ3v) is 2.95. The van der Waals surface area contributed by atoms with Gasteiger partial charge in [0.2, 0.25) is 0 Å². The van der Waals surface area contributed by atoms with Crippen molar-refractivity contribution in [2.45, 2.75) is 6.42 Å². The Morgan fingerprint density at radius 1 is 1.60 bits per heavy atom. The average molecular weight is 218 g/mol. The Morgan fingerprint density at radius 2 is 2.40 bits per heavy atom. The number of fused-ring (bicyclic) bond motifs is 1. The summed E-state index contributed by atoms with van der Waals surface area (Å²) in [7, 11) is 0. The lowest BCUT2D eigenvalue weighted by atomic mass is 10.2. The summed E-state index contributed by atoms with van der Waals surface area (Å²) in [4.78, 5) is 14.9. The number of aromatic nitrogens is 1. The number of aromatic carboxylic acids is 1. The molecule has 15 heavy (non-hydrogen) atoms. The van der Waals surface area contributed by atoms with E-state index >= 15 is 0 Å². The molecule has 0 saturated heterocycles. The van der Waals surface area contributed by atoms with Crippen LogP contribution in [0.4, 0.5) is 0 Å². The van der Waals surface area contributed by atoms with Gasteiger partial charge in [0.05, 0.1) is 28.3 Å². The van der Waals surface area contributed by atoms with Crippen LogP contribution in [0.3, 0.4) is 0 Å². The highest BCUT2D eigenvalue weighted by Crippen LogP contribution is 2.23. The van der Waals surface area contributed by atoms with Gasteiger partial charge in [0.25, 0.3) is 0 Å². The molecule has 0 bridgehead atoms. The molecule has 2 rings (SSSR count). The molecule has 0 aliphatic heterocycles. The summed E-state index contributed by atoms with van der Waals surface area (Å²) in [5.41, 5.74) is 0.862. The van der Waals surface area contributed by atoms with Crippen molar-refractivity contribution in [2.24, 2.45) is 0 Å². The van der Waals surface area contributed by atoms with Crippen LogP contribution < -0.4 is 0 Å². The zero-order chi connectivity index (χ0) is 10.8. The van der Waals surface area contributed by atoms with Crippen LogP contribution in [0.2, 0.25) is 0 Å². The molecule has 0 spiro atoms. The number of carbonyl (C=O) groups is 1. The molecule has 2 aromatic rings. The normalized spacial score (nSPS) is 10.1. The molecular weight excluding hydrogens is 212 g/mol. The summed E-state index contributed by atoms with van der Waals surface area (Å²) in [5.74, 6) is -0.966. The number of carboxylic acid groups (broad SMARTS) is 1. The summed E-state index contributed by atoms with van der Waals surface area (Å²) in [6, 6.07) is 6.80. The zero-order valence-electron chi connectivity index (χ0n) is 7.60. The van der Waals surface area contributed by atoms with Crippen LogP contribution in [0, 0.1) is 11.3 Å². The largest absolute Gasteiger partial charge is 0.478 e. The third-order valence-electron chi connectivity index (χ3n) is 1.91. The lowest BCUT2D eigenvalue weighted by Crippen LogP contribution is -1.94. The zero-order valence-corrected chi connectivity index (χ0v) is 8.41. The average Bonchev–Trinajstić information content (AvgIpc) is 2.59. The van der Waals surface area contributed by atoms with Gasteiger partial charge in [0.15, 0.2) is 0 Å². The Kier molecular flexibility index (Phi) is 2.35. The Morgan fingerprint density at radius 3 is 3.07 bits per heavy atom. The monoisotopic (exact) mass is 218 g/mol. The predicted octanol–water partition coefficient (Wildman–Crippen LogP) is 2.06. The molecule has 0 amide bonds. The summed E-state index contributed by atoms with van der Waals surface area (Å²) in [5, 5.41) is 18.0. The number of hydrogen-bond acceptors (Lipinski definition) is 4. The van der Waals surface area contributed by atoms with Gasteiger partial charge in [-0.25, -0.2) is 9.78 Å². The first-order valence-electron chi connectivity index (χ1n) is 4.20. The second-order valence-corrected chi connectivity index (χ2v) is 4.05. The molecule has 0 aliphatic rings. The van der Waals surface area contributed by atoms with Crippen molar-refractivity contribution in [3.8, 4) is 6.07 Å². The lowest BCUT2D eigenvalue weighted by Gasteiger charge is -1.91. The first kappa shape index (κ1) is 9.62. The molecule has 0 fully saturated rings. The summed E-state index contributed by atoms with van der Waals surface area (Å²) < 4.78 is 0.908. The topological polar surface area (TPSA) is 74.0 Å². The summed E-state index contributed by atoms with van der Waals surface area (Å²) in [6.45, 7) is 0. The van der Waals surface area contributed by atoms with Gasteiger partial charge in [-0.2, -0.15) is 5.26 Å². The van der Waals surface area contributed by atoms with Gasteiger partial charge >= 0.3 is 5.97 Å². The predicted molar refractivity (Wildman–Crippen MR) is 55.9 cm³/mol. The van der Waals surface area contributed by atoms with Gasteiger partial charge in [-0.3, -0.25) is 0 Å². The summed E-state index contributed by atoms with van der Waals surface area (Å²) in [6.07, 6.45) is 0.266. The molecule has 0 atom stereocenters. The number of benzene rings is 1. The van der Waals surface area contributed by atoms with Crippen molar-refractivity contribution >= 4 is 27.5 Å². The highest BCUT2D eigenvalue weighted by molar-refractivity contribution is 7.18. The SMILES string of the molecule is N#CCc1nc2cc(C(=O)O)ccc2s1. The quantitative estimate of drug-likeness (QED) is 0.837. The van der Waals surface area contributed by atoms with E-state index in [0.29, 0.717) is 5.52 Å². The van der Waals surface area contributed by atoms with Crippen LogP contribution in [-0.2, 0) is 6.42 Å². The number of nitrogens with zero attached hydrogens (tertiary/aromatic N) is 2. The molecule has 1 heterocycles. The van der Waals surface area contributed by atoms with E-state index in [4.69, 9.17) is 10.4 Å². The maximum Gasteiger partial charge on any atom is 0.335 e. The standard InChI is InChI=1S/C10H6N2O2S/c11-4-3-9-12-7-5-6(10(13)14)1-2-8(7)15-9/h1-2,5H,3H2,(H,13,14). The first-order chi connectivity index (χ1) is 7.20. The van der Waals surface area contributed by atoms with Crippen molar-refractivity contribution < 1.29 is 9.90 Å². The van der Waals surface area contributed by atoms with E-state index in [0.717, 1.165) is 9.71 Å². The minimum atomic E-state index is -0.966. The fourth-order valence-electron chi connectivity index (χ4n) is 1.25. The van der Waals surface area contributed by atoms with E-state index in [1.54, 1.807) is 12.1 Å². The Hall–Kier alpha value is -1.93. The number of carboxylic acids is 1. The molecule has 4 nitrogen and oxygen atoms in total. The Bertz CT molecular complexity index is 568. The van der Waals surface area contributed by atoms with Gasteiger partial charge in [-0.1, -0.05) is 0 Å². The molecule has 74 valence electrons. The number of hydrogen-bond donors (Lipinski definition) is 1. The van der Waals surface area contributed by atoms with Crippen LogP contribution in [0.1, 0.15) is 15.4 Å². The first-order valence-corrected chi connectivity index (χ1v) is 5.02. The third kappa shape index (κ3) is 1.80. The Balaban J connectivity index is 2.53. The van der Waals surface area contributed by atoms with E-state index in [1.165, 1.54) is 17.4 Å². The van der Waals surface area contributed by atoms with Crippen molar-refractivity contribution in [1.29, 1.82) is 5.26 Å². The van der Waals surface area contributed by atoms with Crippen molar-refractivity contribution in [3.63, 3.8) is 0 Å². The van der Waals surface area contributed by atoms with Crippen LogP contribution in [0.25, 0.3) is 10.2 Å². The fraction of sp³-hybridized carbons (Fsp3) is 0.100. The Labute approximate surface area is 89.4 Å². The smallest absolute Gasteiger partial charge is 0.335 e. The van der Waals surface area contributed by atoms with E-state index in [1.807, 2.05) is 6.07 Å². The van der Waals surface area contributed by atoms with Gasteiger partial charge in [-0.15, -0.1) is 11.3 Å². The van der Waals surface area contributed by atoms with Gasteiger partial charge in [-0.05, 0) is 18.2 Å². The second-order valence-electron chi connectivity index (χ2n) is 2.93. The number of nitriles is 1. The molecule has 5 heteroatoms. The van der Waals surface area contributed by atoms with E-state index in [2.05, 4.69) is 4.98 Å². The maximum absolute atomic E-state index is 10.7. The van der Waals surface area contributed by atoms with Crippen LogP contribution in [0.5, 0.6) is 0 Å².